The zero-order chi connectivity index (χ0) is 15.5. The molecule has 3 rings (SSSR count). The molecule has 0 radical (unpaired) electrons. The van der Waals surface area contributed by atoms with Crippen LogP contribution in [0.15, 0.2) is 54.6 Å². The summed E-state index contributed by atoms with van der Waals surface area (Å²) in [6, 6.07) is 16.2. The van der Waals surface area contributed by atoms with Crippen LogP contribution in [-0.2, 0) is 6.42 Å². The molecule has 1 heterocycles. The summed E-state index contributed by atoms with van der Waals surface area (Å²) in [6.07, 6.45) is 5.02. The van der Waals surface area contributed by atoms with E-state index in [1.54, 1.807) is 0 Å². The monoisotopic (exact) mass is 308 g/mol. The van der Waals surface area contributed by atoms with Gasteiger partial charge in [-0.15, -0.1) is 11.3 Å². The summed E-state index contributed by atoms with van der Waals surface area (Å²) in [7, 11) is 0. The summed E-state index contributed by atoms with van der Waals surface area (Å²) in [4.78, 5) is 11.7. The van der Waals surface area contributed by atoms with Crippen LogP contribution in [0.5, 0.6) is 0 Å². The first kappa shape index (κ1) is 14.5. The van der Waals surface area contributed by atoms with Crippen LogP contribution in [-0.4, -0.2) is 11.1 Å². The molecular weight excluding hydrogens is 292 g/mol. The van der Waals surface area contributed by atoms with E-state index in [1.165, 1.54) is 22.5 Å². The highest BCUT2D eigenvalue weighted by atomic mass is 32.1. The normalized spacial score (nSPS) is 11.3. The van der Waals surface area contributed by atoms with E-state index in [4.69, 9.17) is 0 Å². The number of thiophene rings is 1. The molecule has 0 unspecified atom stereocenters. The average molecular weight is 308 g/mol. The second-order valence-corrected chi connectivity index (χ2v) is 6.22. The molecule has 0 aliphatic rings. The summed E-state index contributed by atoms with van der Waals surface area (Å²) in [5, 5.41) is 10.4. The molecule has 0 saturated heterocycles. The van der Waals surface area contributed by atoms with Crippen molar-refractivity contribution >= 4 is 33.5 Å². The molecule has 0 atom stereocenters. The highest BCUT2D eigenvalue weighted by Crippen LogP contribution is 2.33. The Balaban J connectivity index is 1.94. The summed E-state index contributed by atoms with van der Waals surface area (Å²) in [6.45, 7) is 1.90. The number of hydrogen-bond acceptors (Lipinski definition) is 2. The number of carbonyl (C=O) groups is 1. The van der Waals surface area contributed by atoms with Crippen molar-refractivity contribution in [3.63, 3.8) is 0 Å². The number of aromatic carboxylic acids is 1. The van der Waals surface area contributed by atoms with E-state index in [-0.39, 0.29) is 0 Å². The fourth-order valence-corrected chi connectivity index (χ4v) is 3.74. The SMILES string of the molecule is Cc1c(C(=O)O)sc2cccc(C/C=C/c3ccccc3)c12. The molecule has 2 nitrogen and oxygen atoms in total. The molecule has 0 aliphatic carbocycles. The van der Waals surface area contributed by atoms with E-state index in [2.05, 4.69) is 30.4 Å². The number of carboxylic acids is 1. The minimum atomic E-state index is -0.843. The zero-order valence-electron chi connectivity index (χ0n) is 12.2. The Labute approximate surface area is 133 Å². The van der Waals surface area contributed by atoms with Gasteiger partial charge in [0.15, 0.2) is 0 Å². The minimum Gasteiger partial charge on any atom is -0.477 e. The first-order valence-electron chi connectivity index (χ1n) is 7.12. The first-order valence-corrected chi connectivity index (χ1v) is 7.94. The van der Waals surface area contributed by atoms with Crippen molar-refractivity contribution in [1.82, 2.24) is 0 Å². The number of rotatable bonds is 4. The molecule has 110 valence electrons. The van der Waals surface area contributed by atoms with E-state index in [9.17, 15) is 9.90 Å². The number of allylic oxidation sites excluding steroid dienone is 1. The summed E-state index contributed by atoms with van der Waals surface area (Å²) >= 11 is 1.35. The van der Waals surface area contributed by atoms with Crippen molar-refractivity contribution < 1.29 is 9.90 Å². The largest absolute Gasteiger partial charge is 0.477 e. The summed E-state index contributed by atoms with van der Waals surface area (Å²) < 4.78 is 1.04. The topological polar surface area (TPSA) is 37.3 Å². The Kier molecular flexibility index (Phi) is 4.07. The standard InChI is InChI=1S/C19H16O2S/c1-13-17-15(10-5-9-14-7-3-2-4-8-14)11-6-12-16(17)22-18(13)19(20)21/h2-9,11-12H,10H2,1H3,(H,20,21)/b9-5+. The van der Waals surface area contributed by atoms with Crippen LogP contribution < -0.4 is 0 Å². The Morgan fingerprint density at radius 3 is 2.64 bits per heavy atom. The van der Waals surface area contributed by atoms with Gasteiger partial charge in [0.1, 0.15) is 4.88 Å². The van der Waals surface area contributed by atoms with Crippen molar-refractivity contribution in [2.24, 2.45) is 0 Å². The predicted octanol–water partition coefficient (Wildman–Crippen LogP) is 5.16. The molecule has 0 bridgehead atoms. The lowest BCUT2D eigenvalue weighted by Gasteiger charge is -2.01. The minimum absolute atomic E-state index is 0.439. The van der Waals surface area contributed by atoms with Crippen molar-refractivity contribution in [2.45, 2.75) is 13.3 Å². The maximum absolute atomic E-state index is 11.3. The van der Waals surface area contributed by atoms with E-state index in [0.29, 0.717) is 4.88 Å². The third-order valence-electron chi connectivity index (χ3n) is 3.68. The fraction of sp³-hybridized carbons (Fsp3) is 0.105. The van der Waals surface area contributed by atoms with Crippen molar-refractivity contribution in [2.75, 3.05) is 0 Å². The van der Waals surface area contributed by atoms with Gasteiger partial charge in [-0.25, -0.2) is 4.79 Å². The molecule has 3 aromatic rings. The lowest BCUT2D eigenvalue weighted by Crippen LogP contribution is -1.94. The lowest BCUT2D eigenvalue weighted by atomic mass is 10.0. The molecule has 1 aromatic heterocycles. The van der Waals surface area contributed by atoms with Gasteiger partial charge < -0.3 is 5.11 Å². The first-order chi connectivity index (χ1) is 10.7. The molecule has 0 amide bonds. The summed E-state index contributed by atoms with van der Waals surface area (Å²) in [5.41, 5.74) is 3.21. The van der Waals surface area contributed by atoms with E-state index >= 15 is 0 Å². The highest BCUT2D eigenvalue weighted by molar-refractivity contribution is 7.21. The van der Waals surface area contributed by atoms with Crippen LogP contribution in [0.3, 0.4) is 0 Å². The number of aryl methyl sites for hydroxylation is 1. The van der Waals surface area contributed by atoms with Crippen LogP contribution in [0.25, 0.3) is 16.2 Å². The highest BCUT2D eigenvalue weighted by Gasteiger charge is 2.15. The Hall–Kier alpha value is -2.39. The Morgan fingerprint density at radius 1 is 1.14 bits per heavy atom. The molecule has 0 saturated carbocycles. The Morgan fingerprint density at radius 2 is 1.91 bits per heavy atom. The van der Waals surface area contributed by atoms with E-state index in [0.717, 1.165) is 22.1 Å². The molecule has 22 heavy (non-hydrogen) atoms. The van der Waals surface area contributed by atoms with Crippen LogP contribution >= 0.6 is 11.3 Å². The van der Waals surface area contributed by atoms with Gasteiger partial charge in [0, 0.05) is 4.70 Å². The molecule has 2 aromatic carbocycles. The van der Waals surface area contributed by atoms with Gasteiger partial charge >= 0.3 is 5.97 Å². The average Bonchev–Trinajstić information content (AvgIpc) is 2.87. The Bertz CT molecular complexity index is 845. The quantitative estimate of drug-likeness (QED) is 0.722. The van der Waals surface area contributed by atoms with Crippen molar-refractivity contribution in [3.8, 4) is 0 Å². The van der Waals surface area contributed by atoms with Gasteiger partial charge in [0.2, 0.25) is 0 Å². The maximum atomic E-state index is 11.3. The van der Waals surface area contributed by atoms with Crippen molar-refractivity contribution in [3.05, 3.63) is 76.2 Å². The van der Waals surface area contributed by atoms with Gasteiger partial charge in [-0.1, -0.05) is 54.6 Å². The number of carboxylic acid groups (broad SMARTS) is 1. The van der Waals surface area contributed by atoms with Crippen LogP contribution in [0.2, 0.25) is 0 Å². The number of benzene rings is 2. The molecule has 0 fully saturated rings. The smallest absolute Gasteiger partial charge is 0.346 e. The van der Waals surface area contributed by atoms with Gasteiger partial charge in [0.25, 0.3) is 0 Å². The lowest BCUT2D eigenvalue weighted by molar-refractivity contribution is 0.0701. The van der Waals surface area contributed by atoms with Gasteiger partial charge in [0.05, 0.1) is 0 Å². The van der Waals surface area contributed by atoms with Crippen LogP contribution in [0, 0.1) is 6.92 Å². The van der Waals surface area contributed by atoms with Gasteiger partial charge in [-0.3, -0.25) is 0 Å². The third-order valence-corrected chi connectivity index (χ3v) is 4.93. The molecule has 1 N–H and O–H groups in total. The fourth-order valence-electron chi connectivity index (χ4n) is 2.65. The number of fused-ring (bicyclic) bond motifs is 1. The van der Waals surface area contributed by atoms with Crippen LogP contribution in [0.1, 0.15) is 26.4 Å². The zero-order valence-corrected chi connectivity index (χ0v) is 13.1. The van der Waals surface area contributed by atoms with E-state index < -0.39 is 5.97 Å². The van der Waals surface area contributed by atoms with Crippen molar-refractivity contribution in [1.29, 1.82) is 0 Å². The molecule has 0 spiro atoms. The molecule has 0 aliphatic heterocycles. The van der Waals surface area contributed by atoms with E-state index in [1.807, 2.05) is 37.3 Å². The third kappa shape index (κ3) is 2.81. The summed E-state index contributed by atoms with van der Waals surface area (Å²) in [5.74, 6) is -0.843. The predicted molar refractivity (Wildman–Crippen MR) is 92.7 cm³/mol. The van der Waals surface area contributed by atoms with Crippen LogP contribution in [0.4, 0.5) is 0 Å². The van der Waals surface area contributed by atoms with Gasteiger partial charge in [-0.05, 0) is 41.5 Å². The van der Waals surface area contributed by atoms with Gasteiger partial charge in [-0.2, -0.15) is 0 Å². The molecule has 3 heteroatoms. The maximum Gasteiger partial charge on any atom is 0.346 e. The second kappa shape index (κ2) is 6.16. The molecular formula is C19H16O2S. The number of hydrogen-bond donors (Lipinski definition) is 1. The second-order valence-electron chi connectivity index (χ2n) is 5.17.